The standard InChI is InChI=1S/C17H18Cl2FN/c1-11(10-13-6-4-3-5-7-13)21-12(2)16-14(18)8-9-15(20)17(16)19/h3-9,11-12,21H,10H2,1-2H3. The molecule has 0 aromatic heterocycles. The quantitative estimate of drug-likeness (QED) is 0.724. The molecule has 0 aliphatic carbocycles. The van der Waals surface area contributed by atoms with E-state index in [2.05, 4.69) is 24.4 Å². The summed E-state index contributed by atoms with van der Waals surface area (Å²) in [5.74, 6) is -0.444. The number of hydrogen-bond acceptors (Lipinski definition) is 1. The second kappa shape index (κ2) is 7.26. The van der Waals surface area contributed by atoms with Gasteiger partial charge in [-0.05, 0) is 38.0 Å². The van der Waals surface area contributed by atoms with Crippen molar-refractivity contribution in [3.63, 3.8) is 0 Å². The Morgan fingerprint density at radius 1 is 1.05 bits per heavy atom. The lowest BCUT2D eigenvalue weighted by Crippen LogP contribution is -2.31. The van der Waals surface area contributed by atoms with Gasteiger partial charge in [0.05, 0.1) is 5.02 Å². The van der Waals surface area contributed by atoms with E-state index in [0.29, 0.717) is 10.6 Å². The first-order valence-electron chi connectivity index (χ1n) is 6.92. The molecular formula is C17H18Cl2FN. The van der Waals surface area contributed by atoms with Crippen molar-refractivity contribution in [2.45, 2.75) is 32.4 Å². The second-order valence-electron chi connectivity index (χ2n) is 5.24. The summed E-state index contributed by atoms with van der Waals surface area (Å²) in [5, 5.41) is 3.99. The van der Waals surface area contributed by atoms with Gasteiger partial charge in [0.1, 0.15) is 5.82 Å². The normalized spacial score (nSPS) is 14.0. The van der Waals surface area contributed by atoms with Gasteiger partial charge in [-0.1, -0.05) is 53.5 Å². The molecule has 0 aliphatic heterocycles. The summed E-state index contributed by atoms with van der Waals surface area (Å²) in [6, 6.07) is 13.1. The monoisotopic (exact) mass is 325 g/mol. The first-order chi connectivity index (χ1) is 9.99. The van der Waals surface area contributed by atoms with Crippen LogP contribution in [0.1, 0.15) is 31.0 Å². The van der Waals surface area contributed by atoms with Crippen LogP contribution in [0.25, 0.3) is 0 Å². The smallest absolute Gasteiger partial charge is 0.142 e. The molecule has 112 valence electrons. The number of rotatable bonds is 5. The number of benzene rings is 2. The van der Waals surface area contributed by atoms with E-state index in [0.717, 1.165) is 6.42 Å². The minimum atomic E-state index is -0.444. The van der Waals surface area contributed by atoms with Crippen molar-refractivity contribution >= 4 is 23.2 Å². The Kier molecular flexibility index (Phi) is 5.63. The first-order valence-corrected chi connectivity index (χ1v) is 7.68. The fraction of sp³-hybridized carbons (Fsp3) is 0.294. The molecule has 2 rings (SSSR count). The topological polar surface area (TPSA) is 12.0 Å². The van der Waals surface area contributed by atoms with Crippen LogP contribution in [0.15, 0.2) is 42.5 Å². The predicted molar refractivity (Wildman–Crippen MR) is 87.6 cm³/mol. The molecule has 0 saturated heterocycles. The second-order valence-corrected chi connectivity index (χ2v) is 6.02. The molecule has 2 aromatic carbocycles. The molecule has 1 N–H and O–H groups in total. The number of hydrogen-bond donors (Lipinski definition) is 1. The fourth-order valence-corrected chi connectivity index (χ4v) is 3.17. The minimum absolute atomic E-state index is 0.0920. The zero-order valence-corrected chi connectivity index (χ0v) is 13.5. The maximum Gasteiger partial charge on any atom is 0.142 e. The summed E-state index contributed by atoms with van der Waals surface area (Å²) in [7, 11) is 0. The molecule has 0 spiro atoms. The average Bonchev–Trinajstić information content (AvgIpc) is 2.44. The zero-order chi connectivity index (χ0) is 15.4. The Bertz CT molecular complexity index is 601. The van der Waals surface area contributed by atoms with Gasteiger partial charge >= 0.3 is 0 Å². The molecule has 0 aliphatic rings. The Balaban J connectivity index is 2.08. The fourth-order valence-electron chi connectivity index (χ4n) is 2.48. The Morgan fingerprint density at radius 2 is 1.71 bits per heavy atom. The van der Waals surface area contributed by atoms with Crippen LogP contribution in [-0.2, 0) is 6.42 Å². The molecule has 2 aromatic rings. The van der Waals surface area contributed by atoms with E-state index in [1.165, 1.54) is 17.7 Å². The van der Waals surface area contributed by atoms with Gasteiger partial charge in [-0.3, -0.25) is 0 Å². The number of nitrogens with one attached hydrogen (secondary N) is 1. The number of halogens is 3. The van der Waals surface area contributed by atoms with Crippen LogP contribution < -0.4 is 5.32 Å². The molecule has 2 atom stereocenters. The van der Waals surface area contributed by atoms with E-state index in [9.17, 15) is 4.39 Å². The van der Waals surface area contributed by atoms with Crippen LogP contribution in [0.5, 0.6) is 0 Å². The summed E-state index contributed by atoms with van der Waals surface area (Å²) in [5.41, 5.74) is 1.86. The third-order valence-electron chi connectivity index (χ3n) is 3.43. The van der Waals surface area contributed by atoms with Crippen molar-refractivity contribution in [3.05, 3.63) is 69.5 Å². The van der Waals surface area contributed by atoms with E-state index in [-0.39, 0.29) is 17.1 Å². The summed E-state index contributed by atoms with van der Waals surface area (Å²) in [6.07, 6.45) is 0.885. The highest BCUT2D eigenvalue weighted by atomic mass is 35.5. The molecule has 0 bridgehead atoms. The van der Waals surface area contributed by atoms with Crippen molar-refractivity contribution in [1.82, 2.24) is 5.32 Å². The van der Waals surface area contributed by atoms with E-state index < -0.39 is 5.82 Å². The summed E-state index contributed by atoms with van der Waals surface area (Å²) >= 11 is 12.2. The van der Waals surface area contributed by atoms with Crippen molar-refractivity contribution < 1.29 is 4.39 Å². The Hall–Kier alpha value is -1.09. The average molecular weight is 326 g/mol. The lowest BCUT2D eigenvalue weighted by molar-refractivity contribution is 0.475. The van der Waals surface area contributed by atoms with Crippen LogP contribution in [-0.4, -0.2) is 6.04 Å². The Labute approximate surface area is 135 Å². The summed E-state index contributed by atoms with van der Waals surface area (Å²) < 4.78 is 13.6. The lowest BCUT2D eigenvalue weighted by Gasteiger charge is -2.22. The van der Waals surface area contributed by atoms with E-state index in [4.69, 9.17) is 23.2 Å². The van der Waals surface area contributed by atoms with Gasteiger partial charge in [0, 0.05) is 22.7 Å². The molecule has 21 heavy (non-hydrogen) atoms. The maximum atomic E-state index is 13.6. The van der Waals surface area contributed by atoms with Crippen molar-refractivity contribution in [2.24, 2.45) is 0 Å². The van der Waals surface area contributed by atoms with Crippen molar-refractivity contribution in [1.29, 1.82) is 0 Å². The predicted octanol–water partition coefficient (Wildman–Crippen LogP) is 5.41. The van der Waals surface area contributed by atoms with Gasteiger partial charge in [0.15, 0.2) is 0 Å². The zero-order valence-electron chi connectivity index (χ0n) is 12.0. The largest absolute Gasteiger partial charge is 0.307 e. The molecule has 2 unspecified atom stereocenters. The molecular weight excluding hydrogens is 308 g/mol. The SMILES string of the molecule is CC(Cc1ccccc1)NC(C)c1c(Cl)ccc(F)c1Cl. The van der Waals surface area contributed by atoms with Crippen molar-refractivity contribution in [2.75, 3.05) is 0 Å². The van der Waals surface area contributed by atoms with Crippen LogP contribution in [0.2, 0.25) is 10.0 Å². The highest BCUT2D eigenvalue weighted by Gasteiger charge is 2.18. The first kappa shape index (κ1) is 16.3. The van der Waals surface area contributed by atoms with Crippen LogP contribution >= 0.6 is 23.2 Å². The van der Waals surface area contributed by atoms with Crippen LogP contribution in [0.3, 0.4) is 0 Å². The third kappa shape index (κ3) is 4.19. The van der Waals surface area contributed by atoms with Gasteiger partial charge in [0.25, 0.3) is 0 Å². The third-order valence-corrected chi connectivity index (χ3v) is 4.15. The molecule has 1 nitrogen and oxygen atoms in total. The minimum Gasteiger partial charge on any atom is -0.307 e. The molecule has 4 heteroatoms. The van der Waals surface area contributed by atoms with Gasteiger partial charge in [-0.2, -0.15) is 0 Å². The highest BCUT2D eigenvalue weighted by molar-refractivity contribution is 6.36. The van der Waals surface area contributed by atoms with Crippen LogP contribution in [0.4, 0.5) is 4.39 Å². The van der Waals surface area contributed by atoms with E-state index in [1.54, 1.807) is 0 Å². The van der Waals surface area contributed by atoms with Gasteiger partial charge in [0.2, 0.25) is 0 Å². The van der Waals surface area contributed by atoms with Gasteiger partial charge < -0.3 is 5.32 Å². The van der Waals surface area contributed by atoms with Crippen molar-refractivity contribution in [3.8, 4) is 0 Å². The molecule has 0 amide bonds. The Morgan fingerprint density at radius 3 is 2.38 bits per heavy atom. The summed E-state index contributed by atoms with van der Waals surface area (Å²) in [6.45, 7) is 4.03. The highest BCUT2D eigenvalue weighted by Crippen LogP contribution is 2.32. The molecule has 0 fully saturated rings. The van der Waals surface area contributed by atoms with Gasteiger partial charge in [-0.25, -0.2) is 4.39 Å². The molecule has 0 heterocycles. The summed E-state index contributed by atoms with van der Waals surface area (Å²) in [4.78, 5) is 0. The van der Waals surface area contributed by atoms with E-state index in [1.807, 2.05) is 25.1 Å². The molecule has 0 saturated carbocycles. The molecule has 0 radical (unpaired) electrons. The van der Waals surface area contributed by atoms with Gasteiger partial charge in [-0.15, -0.1) is 0 Å². The lowest BCUT2D eigenvalue weighted by atomic mass is 10.0. The van der Waals surface area contributed by atoms with Crippen LogP contribution in [0, 0.1) is 5.82 Å². The van der Waals surface area contributed by atoms with E-state index >= 15 is 0 Å². The maximum absolute atomic E-state index is 13.6.